The molecule has 0 bridgehead atoms. The van der Waals surface area contributed by atoms with Crippen molar-refractivity contribution in [2.45, 2.75) is 45.0 Å². The molecule has 1 aromatic rings. The summed E-state index contributed by atoms with van der Waals surface area (Å²) in [5.74, 6) is -0.226. The van der Waals surface area contributed by atoms with E-state index in [1.165, 1.54) is 7.11 Å². The first kappa shape index (κ1) is 28.6. The molecule has 33 heavy (non-hydrogen) atoms. The molecule has 0 aromatic heterocycles. The minimum Gasteiger partial charge on any atom is -0.447 e. The third-order valence-corrected chi connectivity index (χ3v) is 4.88. The number of hydrogen-bond donors (Lipinski definition) is 4. The average Bonchev–Trinajstić information content (AvgIpc) is 2.78. The number of carbonyl (C=O) groups is 2. The van der Waals surface area contributed by atoms with Crippen molar-refractivity contribution in [2.75, 3.05) is 40.6 Å². The van der Waals surface area contributed by atoms with E-state index in [9.17, 15) is 14.7 Å². The maximum atomic E-state index is 13.2. The van der Waals surface area contributed by atoms with Crippen LogP contribution in [0.4, 0.5) is 4.79 Å². The lowest BCUT2D eigenvalue weighted by atomic mass is 9.97. The van der Waals surface area contributed by atoms with Crippen molar-refractivity contribution < 1.29 is 28.9 Å². The second kappa shape index (κ2) is 16.2. The van der Waals surface area contributed by atoms with Gasteiger partial charge in [-0.05, 0) is 29.9 Å². The number of ether oxygens (including phenoxy) is 3. The van der Waals surface area contributed by atoms with Gasteiger partial charge in [0.1, 0.15) is 18.9 Å². The Balaban J connectivity index is 2.93. The van der Waals surface area contributed by atoms with E-state index in [-0.39, 0.29) is 25.0 Å². The van der Waals surface area contributed by atoms with E-state index >= 15 is 0 Å². The summed E-state index contributed by atoms with van der Waals surface area (Å²) in [4.78, 5) is 25.3. The van der Waals surface area contributed by atoms with Crippen LogP contribution in [0.3, 0.4) is 0 Å². The predicted octanol–water partition coefficient (Wildman–Crippen LogP) is 1.61. The standard InChI is InChI=1S/C24H39N3O6/c1-17(2)15-21(27-24(30)33-14-13-32-5)23(29)26-20(16-19-9-7-6-8-10-19)18(3)22(28)25-11-12-31-4/h6-10,17,20-22,25,28H,3,11-16H2,1-2,4-5H3,(H,26,29)(H,27,30)/t20-,21-,22?/m0/s1. The fraction of sp³-hybridized carbons (Fsp3) is 0.583. The average molecular weight is 466 g/mol. The van der Waals surface area contributed by atoms with E-state index in [4.69, 9.17) is 14.2 Å². The molecule has 0 saturated carbocycles. The van der Waals surface area contributed by atoms with Gasteiger partial charge in [-0.1, -0.05) is 50.8 Å². The third kappa shape index (κ3) is 11.8. The topological polar surface area (TPSA) is 118 Å². The van der Waals surface area contributed by atoms with Gasteiger partial charge in [0.2, 0.25) is 5.91 Å². The molecule has 0 radical (unpaired) electrons. The number of aliphatic hydroxyl groups excluding tert-OH is 1. The number of hydrogen-bond acceptors (Lipinski definition) is 7. The first-order chi connectivity index (χ1) is 15.8. The highest BCUT2D eigenvalue weighted by Crippen LogP contribution is 2.13. The zero-order valence-corrected chi connectivity index (χ0v) is 20.1. The van der Waals surface area contributed by atoms with E-state index < -0.39 is 24.4 Å². The maximum Gasteiger partial charge on any atom is 0.407 e. The van der Waals surface area contributed by atoms with Crippen LogP contribution in [0.25, 0.3) is 0 Å². The van der Waals surface area contributed by atoms with Crippen LogP contribution in [0.15, 0.2) is 42.5 Å². The zero-order valence-electron chi connectivity index (χ0n) is 20.1. The number of aliphatic hydroxyl groups is 1. The van der Waals surface area contributed by atoms with Gasteiger partial charge in [0.25, 0.3) is 0 Å². The molecule has 0 fully saturated rings. The van der Waals surface area contributed by atoms with Gasteiger partial charge in [0.15, 0.2) is 0 Å². The van der Waals surface area contributed by atoms with E-state index in [1.807, 2.05) is 44.2 Å². The normalized spacial score (nSPS) is 13.8. The summed E-state index contributed by atoms with van der Waals surface area (Å²) in [6.45, 7) is 9.14. The molecule has 1 unspecified atom stereocenters. The van der Waals surface area contributed by atoms with Crippen molar-refractivity contribution in [3.8, 4) is 0 Å². The Morgan fingerprint density at radius 3 is 2.27 bits per heavy atom. The van der Waals surface area contributed by atoms with E-state index in [0.717, 1.165) is 5.56 Å². The van der Waals surface area contributed by atoms with Crippen LogP contribution in [0, 0.1) is 5.92 Å². The summed E-state index contributed by atoms with van der Waals surface area (Å²) in [6, 6.07) is 8.23. The number of amides is 2. The molecule has 0 aliphatic heterocycles. The van der Waals surface area contributed by atoms with Gasteiger partial charge in [-0.3, -0.25) is 10.1 Å². The summed E-state index contributed by atoms with van der Waals surface area (Å²) in [6.07, 6.45) is -0.872. The Hall–Kier alpha value is -2.46. The van der Waals surface area contributed by atoms with Gasteiger partial charge in [-0.15, -0.1) is 0 Å². The highest BCUT2D eigenvalue weighted by atomic mass is 16.6. The molecular weight excluding hydrogens is 426 g/mol. The van der Waals surface area contributed by atoms with Crippen molar-refractivity contribution in [1.29, 1.82) is 0 Å². The summed E-state index contributed by atoms with van der Waals surface area (Å²) in [5, 5.41) is 19.0. The smallest absolute Gasteiger partial charge is 0.407 e. The van der Waals surface area contributed by atoms with Crippen LogP contribution in [0.5, 0.6) is 0 Å². The molecule has 3 atom stereocenters. The maximum absolute atomic E-state index is 13.2. The lowest BCUT2D eigenvalue weighted by Crippen LogP contribution is -2.52. The van der Waals surface area contributed by atoms with E-state index in [0.29, 0.717) is 31.6 Å². The Labute approximate surface area is 196 Å². The number of carbonyl (C=O) groups excluding carboxylic acids is 2. The zero-order chi connectivity index (χ0) is 24.6. The first-order valence-corrected chi connectivity index (χ1v) is 11.1. The highest BCUT2D eigenvalue weighted by molar-refractivity contribution is 5.86. The minimum atomic E-state index is -1.04. The number of rotatable bonds is 16. The van der Waals surface area contributed by atoms with Crippen LogP contribution in [0.1, 0.15) is 25.8 Å². The fourth-order valence-electron chi connectivity index (χ4n) is 3.12. The predicted molar refractivity (Wildman–Crippen MR) is 127 cm³/mol. The van der Waals surface area contributed by atoms with Gasteiger partial charge in [0.05, 0.1) is 19.3 Å². The summed E-state index contributed by atoms with van der Waals surface area (Å²) < 4.78 is 14.9. The Kier molecular flexibility index (Phi) is 14.0. The molecule has 1 aromatic carbocycles. The summed E-state index contributed by atoms with van der Waals surface area (Å²) in [7, 11) is 3.08. The molecule has 0 spiro atoms. The molecule has 1 rings (SSSR count). The third-order valence-electron chi connectivity index (χ3n) is 4.88. The van der Waals surface area contributed by atoms with Gasteiger partial charge in [0, 0.05) is 20.8 Å². The molecule has 2 amide bonds. The largest absolute Gasteiger partial charge is 0.447 e. The molecule has 0 aliphatic rings. The number of nitrogens with one attached hydrogen (secondary N) is 3. The van der Waals surface area contributed by atoms with Gasteiger partial charge in [-0.25, -0.2) is 4.79 Å². The minimum absolute atomic E-state index is 0.0884. The van der Waals surface area contributed by atoms with Crippen molar-refractivity contribution in [1.82, 2.24) is 16.0 Å². The van der Waals surface area contributed by atoms with Gasteiger partial charge >= 0.3 is 6.09 Å². The Morgan fingerprint density at radius 2 is 1.67 bits per heavy atom. The van der Waals surface area contributed by atoms with Crippen molar-refractivity contribution >= 4 is 12.0 Å². The Morgan fingerprint density at radius 1 is 1.00 bits per heavy atom. The van der Waals surface area contributed by atoms with E-state index in [1.54, 1.807) is 7.11 Å². The molecule has 0 aliphatic carbocycles. The Bertz CT molecular complexity index is 713. The molecule has 9 heteroatoms. The van der Waals surface area contributed by atoms with Crippen LogP contribution in [0.2, 0.25) is 0 Å². The molecule has 9 nitrogen and oxygen atoms in total. The fourth-order valence-corrected chi connectivity index (χ4v) is 3.12. The SMILES string of the molecule is C=C(C(O)NCCOC)[C@H](Cc1ccccc1)NC(=O)[C@H](CC(C)C)NC(=O)OCCOC. The molecule has 0 heterocycles. The number of methoxy groups -OCH3 is 2. The quantitative estimate of drug-likeness (QED) is 0.166. The van der Waals surface area contributed by atoms with Crippen LogP contribution < -0.4 is 16.0 Å². The van der Waals surface area contributed by atoms with Gasteiger partial charge in [-0.2, -0.15) is 0 Å². The lowest BCUT2D eigenvalue weighted by molar-refractivity contribution is -0.124. The molecule has 0 saturated heterocycles. The lowest BCUT2D eigenvalue weighted by Gasteiger charge is -2.28. The van der Waals surface area contributed by atoms with Crippen molar-refractivity contribution in [3.63, 3.8) is 0 Å². The number of benzene rings is 1. The monoisotopic (exact) mass is 465 g/mol. The van der Waals surface area contributed by atoms with Crippen LogP contribution >= 0.6 is 0 Å². The molecule has 186 valence electrons. The number of alkyl carbamates (subject to hydrolysis) is 1. The first-order valence-electron chi connectivity index (χ1n) is 11.1. The highest BCUT2D eigenvalue weighted by Gasteiger charge is 2.27. The molecular formula is C24H39N3O6. The van der Waals surface area contributed by atoms with Crippen LogP contribution in [-0.4, -0.2) is 76.0 Å². The summed E-state index contributed by atoms with van der Waals surface area (Å²) >= 11 is 0. The van der Waals surface area contributed by atoms with E-state index in [2.05, 4.69) is 22.5 Å². The van der Waals surface area contributed by atoms with Crippen molar-refractivity contribution in [3.05, 3.63) is 48.0 Å². The summed E-state index contributed by atoms with van der Waals surface area (Å²) in [5.41, 5.74) is 1.38. The van der Waals surface area contributed by atoms with Gasteiger partial charge < -0.3 is 30.0 Å². The second-order valence-corrected chi connectivity index (χ2v) is 8.13. The molecule has 4 N–H and O–H groups in total. The second-order valence-electron chi connectivity index (χ2n) is 8.13. The van der Waals surface area contributed by atoms with Crippen LogP contribution in [-0.2, 0) is 25.4 Å². The van der Waals surface area contributed by atoms with Crippen molar-refractivity contribution in [2.24, 2.45) is 5.92 Å².